The average molecular weight is 406 g/mol. The number of urea groups is 1. The zero-order valence-electron chi connectivity index (χ0n) is 14.9. The number of rotatable bonds is 5. The van der Waals surface area contributed by atoms with Crippen LogP contribution < -0.4 is 10.6 Å². The Labute approximate surface area is 164 Å². The number of amides is 3. The molecule has 10 heteroatoms. The highest BCUT2D eigenvalue weighted by Crippen LogP contribution is 2.22. The Bertz CT molecular complexity index is 960. The van der Waals surface area contributed by atoms with Crippen molar-refractivity contribution in [3.05, 3.63) is 68.2 Å². The number of non-ortho nitro benzene ring substituents is 1. The number of aryl methyl sites for hydroxylation is 2. The summed E-state index contributed by atoms with van der Waals surface area (Å²) < 4.78 is 4.76. The molecule has 2 aromatic rings. The van der Waals surface area contributed by atoms with Gasteiger partial charge in [0, 0.05) is 17.8 Å². The first-order chi connectivity index (χ1) is 13.2. The van der Waals surface area contributed by atoms with E-state index in [0.717, 1.165) is 23.3 Å². The van der Waals surface area contributed by atoms with Gasteiger partial charge in [-0.1, -0.05) is 29.3 Å². The summed E-state index contributed by atoms with van der Waals surface area (Å²) in [6, 6.07) is 7.81. The molecular formula is C18H16ClN3O6. The van der Waals surface area contributed by atoms with Crippen molar-refractivity contribution in [3.63, 3.8) is 0 Å². The molecule has 0 aliphatic carbocycles. The highest BCUT2D eigenvalue weighted by molar-refractivity contribution is 6.33. The van der Waals surface area contributed by atoms with Crippen LogP contribution in [0.1, 0.15) is 21.5 Å². The minimum absolute atomic E-state index is 0.0661. The van der Waals surface area contributed by atoms with E-state index in [2.05, 4.69) is 5.32 Å². The number of hydrogen-bond donors (Lipinski definition) is 2. The van der Waals surface area contributed by atoms with Crippen LogP contribution in [-0.4, -0.2) is 29.4 Å². The van der Waals surface area contributed by atoms with Gasteiger partial charge in [0.1, 0.15) is 0 Å². The molecule has 0 saturated heterocycles. The van der Waals surface area contributed by atoms with Gasteiger partial charge in [0.05, 0.1) is 15.5 Å². The summed E-state index contributed by atoms with van der Waals surface area (Å²) in [7, 11) is 0. The molecule has 0 unspecified atom stereocenters. The zero-order chi connectivity index (χ0) is 20.8. The first-order valence-electron chi connectivity index (χ1n) is 7.96. The average Bonchev–Trinajstić information content (AvgIpc) is 2.62. The number of benzene rings is 2. The maximum Gasteiger partial charge on any atom is 0.340 e. The Balaban J connectivity index is 1.91. The number of halogens is 1. The monoisotopic (exact) mass is 405 g/mol. The van der Waals surface area contributed by atoms with Gasteiger partial charge in [0.2, 0.25) is 0 Å². The second-order valence-corrected chi connectivity index (χ2v) is 6.23. The quantitative estimate of drug-likeness (QED) is 0.446. The van der Waals surface area contributed by atoms with E-state index in [-0.39, 0.29) is 16.3 Å². The summed E-state index contributed by atoms with van der Waals surface area (Å²) in [6.45, 7) is 2.94. The Morgan fingerprint density at radius 2 is 1.86 bits per heavy atom. The topological polar surface area (TPSA) is 128 Å². The largest absolute Gasteiger partial charge is 0.452 e. The molecule has 0 heterocycles. The van der Waals surface area contributed by atoms with Crippen molar-refractivity contribution in [3.8, 4) is 0 Å². The molecule has 0 atom stereocenters. The second kappa shape index (κ2) is 8.96. The van der Waals surface area contributed by atoms with Gasteiger partial charge in [-0.15, -0.1) is 0 Å². The lowest BCUT2D eigenvalue weighted by Crippen LogP contribution is -2.37. The maximum absolute atomic E-state index is 12.0. The Morgan fingerprint density at radius 3 is 2.50 bits per heavy atom. The van der Waals surface area contributed by atoms with Crippen LogP contribution in [0.5, 0.6) is 0 Å². The first-order valence-corrected chi connectivity index (χ1v) is 8.34. The van der Waals surface area contributed by atoms with E-state index in [0.29, 0.717) is 5.69 Å². The number of esters is 1. The van der Waals surface area contributed by atoms with Gasteiger partial charge >= 0.3 is 12.0 Å². The molecule has 2 N–H and O–H groups in total. The van der Waals surface area contributed by atoms with Crippen LogP contribution in [-0.2, 0) is 9.53 Å². The van der Waals surface area contributed by atoms with Crippen molar-refractivity contribution < 1.29 is 24.0 Å². The number of nitro groups is 1. The molecule has 0 spiro atoms. The number of carbonyl (C=O) groups is 3. The lowest BCUT2D eigenvalue weighted by atomic mass is 10.1. The van der Waals surface area contributed by atoms with Gasteiger partial charge < -0.3 is 10.1 Å². The molecule has 0 aromatic heterocycles. The predicted octanol–water partition coefficient (Wildman–Crippen LogP) is 3.37. The number of anilines is 1. The van der Waals surface area contributed by atoms with E-state index < -0.39 is 29.4 Å². The van der Waals surface area contributed by atoms with Gasteiger partial charge in [-0.25, -0.2) is 9.59 Å². The molecule has 0 bridgehead atoms. The molecule has 9 nitrogen and oxygen atoms in total. The van der Waals surface area contributed by atoms with E-state index in [9.17, 15) is 24.5 Å². The van der Waals surface area contributed by atoms with Crippen molar-refractivity contribution in [1.29, 1.82) is 0 Å². The normalized spacial score (nSPS) is 10.1. The molecule has 2 rings (SSSR count). The van der Waals surface area contributed by atoms with Gasteiger partial charge in [-0.2, -0.15) is 0 Å². The number of nitrogens with zero attached hydrogens (tertiary/aromatic N) is 1. The summed E-state index contributed by atoms with van der Waals surface area (Å²) in [4.78, 5) is 45.7. The second-order valence-electron chi connectivity index (χ2n) is 5.82. The zero-order valence-corrected chi connectivity index (χ0v) is 15.7. The number of nitro benzene ring substituents is 1. The van der Waals surface area contributed by atoms with Crippen molar-refractivity contribution in [2.45, 2.75) is 13.8 Å². The third kappa shape index (κ3) is 5.52. The number of imide groups is 1. The van der Waals surface area contributed by atoms with Crippen LogP contribution in [0.2, 0.25) is 5.02 Å². The molecule has 0 aliphatic heterocycles. The summed E-state index contributed by atoms with van der Waals surface area (Å²) in [5.74, 6) is -1.91. The minimum Gasteiger partial charge on any atom is -0.452 e. The summed E-state index contributed by atoms with van der Waals surface area (Å²) in [5.41, 5.74) is 1.74. The molecule has 146 valence electrons. The van der Waals surface area contributed by atoms with Crippen LogP contribution in [0.3, 0.4) is 0 Å². The fourth-order valence-corrected chi connectivity index (χ4v) is 2.46. The van der Waals surface area contributed by atoms with Crippen LogP contribution >= 0.6 is 11.6 Å². The first kappa shape index (κ1) is 20.8. The molecule has 2 aromatic carbocycles. The third-order valence-electron chi connectivity index (χ3n) is 3.60. The van der Waals surface area contributed by atoms with Gasteiger partial charge in [0.15, 0.2) is 6.61 Å². The predicted molar refractivity (Wildman–Crippen MR) is 101 cm³/mol. The smallest absolute Gasteiger partial charge is 0.340 e. The fraction of sp³-hybridized carbons (Fsp3) is 0.167. The van der Waals surface area contributed by atoms with Crippen molar-refractivity contribution >= 4 is 40.9 Å². The fourth-order valence-electron chi connectivity index (χ4n) is 2.26. The molecule has 0 saturated carbocycles. The van der Waals surface area contributed by atoms with Crippen LogP contribution in [0.4, 0.5) is 16.2 Å². The van der Waals surface area contributed by atoms with E-state index in [1.54, 1.807) is 19.1 Å². The molecule has 3 amide bonds. The van der Waals surface area contributed by atoms with Gasteiger partial charge in [-0.05, 0) is 31.5 Å². The van der Waals surface area contributed by atoms with Crippen LogP contribution in [0.15, 0.2) is 36.4 Å². The Kier molecular flexibility index (Phi) is 6.67. The van der Waals surface area contributed by atoms with E-state index in [1.807, 2.05) is 18.3 Å². The van der Waals surface area contributed by atoms with Gasteiger partial charge in [-0.3, -0.25) is 20.2 Å². The lowest BCUT2D eigenvalue weighted by molar-refractivity contribution is -0.384. The molecule has 0 aliphatic rings. The number of nitrogens with one attached hydrogen (secondary N) is 2. The summed E-state index contributed by atoms with van der Waals surface area (Å²) in [6.07, 6.45) is 0. The van der Waals surface area contributed by atoms with Crippen LogP contribution in [0.25, 0.3) is 0 Å². The minimum atomic E-state index is -1.03. The van der Waals surface area contributed by atoms with Crippen molar-refractivity contribution in [2.75, 3.05) is 11.9 Å². The SMILES string of the molecule is Cc1ccc(NC(=O)NC(=O)COC(=O)c2cc([N+](=O)[O-])ccc2Cl)c(C)c1. The van der Waals surface area contributed by atoms with Gasteiger partial charge in [0.25, 0.3) is 11.6 Å². The van der Waals surface area contributed by atoms with Crippen molar-refractivity contribution in [2.24, 2.45) is 0 Å². The number of hydrogen-bond acceptors (Lipinski definition) is 6. The number of carbonyl (C=O) groups excluding carboxylic acids is 3. The molecule has 0 radical (unpaired) electrons. The maximum atomic E-state index is 12.0. The van der Waals surface area contributed by atoms with Crippen molar-refractivity contribution in [1.82, 2.24) is 5.32 Å². The highest BCUT2D eigenvalue weighted by atomic mass is 35.5. The van der Waals surface area contributed by atoms with Crippen LogP contribution in [0, 0.1) is 24.0 Å². The summed E-state index contributed by atoms with van der Waals surface area (Å²) >= 11 is 5.82. The standard InChI is InChI=1S/C18H16ClN3O6/c1-10-3-6-15(11(2)7-10)20-18(25)21-16(23)9-28-17(24)13-8-12(22(26)27)4-5-14(13)19/h3-8H,9H2,1-2H3,(H2,20,21,23,25). The molecular weight excluding hydrogens is 390 g/mol. The summed E-state index contributed by atoms with van der Waals surface area (Å²) in [5, 5.41) is 15.2. The Hall–Kier alpha value is -3.46. The van der Waals surface area contributed by atoms with E-state index in [4.69, 9.17) is 16.3 Å². The van der Waals surface area contributed by atoms with E-state index in [1.165, 1.54) is 6.07 Å². The lowest BCUT2D eigenvalue weighted by Gasteiger charge is -2.10. The number of ether oxygens (including phenoxy) is 1. The highest BCUT2D eigenvalue weighted by Gasteiger charge is 2.19. The molecule has 28 heavy (non-hydrogen) atoms. The third-order valence-corrected chi connectivity index (χ3v) is 3.93. The Morgan fingerprint density at radius 1 is 1.14 bits per heavy atom. The molecule has 0 fully saturated rings. The van der Waals surface area contributed by atoms with E-state index >= 15 is 0 Å².